The van der Waals surface area contributed by atoms with Gasteiger partial charge >= 0.3 is 24.3 Å². The fourth-order valence-corrected chi connectivity index (χ4v) is 2.95. The molecule has 0 aromatic heterocycles. The highest BCUT2D eigenvalue weighted by Crippen LogP contribution is 2.27. The lowest BCUT2D eigenvalue weighted by Crippen LogP contribution is -2.39. The lowest BCUT2D eigenvalue weighted by atomic mass is 9.86. The van der Waals surface area contributed by atoms with Gasteiger partial charge in [-0.2, -0.15) is 0 Å². The van der Waals surface area contributed by atoms with E-state index in [2.05, 4.69) is 11.3 Å². The number of benzene rings is 1. The highest BCUT2D eigenvalue weighted by molar-refractivity contribution is 5.90. The fourth-order valence-electron chi connectivity index (χ4n) is 2.95. The molecule has 11 heteroatoms. The zero-order chi connectivity index (χ0) is 23.0. The van der Waals surface area contributed by atoms with E-state index in [4.69, 9.17) is 14.2 Å². The molecule has 170 valence electrons. The van der Waals surface area contributed by atoms with Crippen LogP contribution in [0.4, 0.5) is 13.2 Å². The first-order valence-electron chi connectivity index (χ1n) is 9.27. The van der Waals surface area contributed by atoms with Crippen LogP contribution >= 0.6 is 0 Å². The van der Waals surface area contributed by atoms with Crippen molar-refractivity contribution in [3.63, 3.8) is 0 Å². The second-order valence-corrected chi connectivity index (χ2v) is 6.76. The highest BCUT2D eigenvalue weighted by Gasteiger charge is 2.33. The molecule has 1 aliphatic carbocycles. The standard InChI is InChI=1S/C20H21F3O8/c1-2-17(25)28-10-12-3-8-16(15(24)9-12)30-18(26)11-29-19(27)13-4-6-14(7-5-13)31-20(21,22)23/h2,4-7,12,15-16,24H,1,3,8-11H2. The van der Waals surface area contributed by atoms with Crippen molar-refractivity contribution < 1.29 is 51.6 Å². The molecular formula is C20H21F3O8. The maximum absolute atomic E-state index is 12.1. The molecule has 0 heterocycles. The molecule has 1 fully saturated rings. The first-order valence-corrected chi connectivity index (χ1v) is 9.27. The van der Waals surface area contributed by atoms with Crippen molar-refractivity contribution in [2.75, 3.05) is 13.2 Å². The molecule has 0 amide bonds. The summed E-state index contributed by atoms with van der Waals surface area (Å²) in [6.45, 7) is 2.67. The van der Waals surface area contributed by atoms with E-state index >= 15 is 0 Å². The van der Waals surface area contributed by atoms with E-state index in [0.717, 1.165) is 30.3 Å². The summed E-state index contributed by atoms with van der Waals surface area (Å²) in [5.74, 6) is -2.98. The Morgan fingerprint density at radius 2 is 1.81 bits per heavy atom. The Balaban J connectivity index is 1.74. The van der Waals surface area contributed by atoms with E-state index in [1.54, 1.807) is 0 Å². The number of alkyl halides is 3. The average Bonchev–Trinajstić information content (AvgIpc) is 2.71. The molecule has 1 aliphatic rings. The summed E-state index contributed by atoms with van der Waals surface area (Å²) in [6.07, 6.45) is -4.45. The Labute approximate surface area is 175 Å². The summed E-state index contributed by atoms with van der Waals surface area (Å²) >= 11 is 0. The Kier molecular flexibility index (Phi) is 8.43. The van der Waals surface area contributed by atoms with Crippen molar-refractivity contribution in [2.24, 2.45) is 5.92 Å². The minimum atomic E-state index is -4.86. The van der Waals surface area contributed by atoms with Crippen LogP contribution in [0.25, 0.3) is 0 Å². The zero-order valence-electron chi connectivity index (χ0n) is 16.3. The van der Waals surface area contributed by atoms with Gasteiger partial charge in [-0.25, -0.2) is 14.4 Å². The van der Waals surface area contributed by atoms with Crippen molar-refractivity contribution in [3.8, 4) is 5.75 Å². The van der Waals surface area contributed by atoms with Gasteiger partial charge in [0.15, 0.2) is 6.61 Å². The second kappa shape index (κ2) is 10.8. The van der Waals surface area contributed by atoms with Crippen molar-refractivity contribution in [1.82, 2.24) is 0 Å². The summed E-state index contributed by atoms with van der Waals surface area (Å²) in [4.78, 5) is 34.9. The number of ether oxygens (including phenoxy) is 4. The molecule has 1 N–H and O–H groups in total. The number of hydrogen-bond donors (Lipinski definition) is 1. The predicted octanol–water partition coefficient (Wildman–Crippen LogP) is 2.54. The Morgan fingerprint density at radius 1 is 1.13 bits per heavy atom. The third-order valence-corrected chi connectivity index (χ3v) is 4.42. The van der Waals surface area contributed by atoms with Gasteiger partial charge < -0.3 is 24.1 Å². The molecule has 31 heavy (non-hydrogen) atoms. The number of esters is 3. The molecular weight excluding hydrogens is 425 g/mol. The maximum atomic E-state index is 12.1. The minimum Gasteiger partial charge on any atom is -0.462 e. The van der Waals surface area contributed by atoms with Gasteiger partial charge in [0.2, 0.25) is 0 Å². The summed E-state index contributed by atoms with van der Waals surface area (Å²) in [7, 11) is 0. The highest BCUT2D eigenvalue weighted by atomic mass is 19.4. The van der Waals surface area contributed by atoms with Crippen LogP contribution in [0.5, 0.6) is 5.75 Å². The van der Waals surface area contributed by atoms with Crippen molar-refractivity contribution >= 4 is 17.9 Å². The molecule has 0 saturated heterocycles. The fraction of sp³-hybridized carbons (Fsp3) is 0.450. The largest absolute Gasteiger partial charge is 0.573 e. The van der Waals surface area contributed by atoms with Gasteiger partial charge in [0.05, 0.1) is 18.3 Å². The molecule has 1 aromatic carbocycles. The van der Waals surface area contributed by atoms with Gasteiger partial charge in [-0.15, -0.1) is 13.2 Å². The number of aliphatic hydroxyl groups is 1. The van der Waals surface area contributed by atoms with E-state index < -0.39 is 48.8 Å². The lowest BCUT2D eigenvalue weighted by Gasteiger charge is -2.32. The van der Waals surface area contributed by atoms with Crippen molar-refractivity contribution in [1.29, 1.82) is 0 Å². The summed E-state index contributed by atoms with van der Waals surface area (Å²) in [5.41, 5.74) is -0.0862. The molecule has 8 nitrogen and oxygen atoms in total. The van der Waals surface area contributed by atoms with Crippen LogP contribution in [-0.4, -0.2) is 54.8 Å². The minimum absolute atomic E-state index is 0.0862. The summed E-state index contributed by atoms with van der Waals surface area (Å²) in [5, 5.41) is 10.1. The van der Waals surface area contributed by atoms with Crippen LogP contribution in [0.1, 0.15) is 29.6 Å². The number of carbonyl (C=O) groups is 3. The number of halogens is 3. The molecule has 0 bridgehead atoms. The molecule has 2 rings (SSSR count). The van der Waals surface area contributed by atoms with Gasteiger partial charge in [0, 0.05) is 6.08 Å². The molecule has 1 aromatic rings. The summed E-state index contributed by atoms with van der Waals surface area (Å²) < 4.78 is 54.9. The Bertz CT molecular complexity index is 791. The smallest absolute Gasteiger partial charge is 0.462 e. The van der Waals surface area contributed by atoms with E-state index in [0.29, 0.717) is 12.8 Å². The van der Waals surface area contributed by atoms with Crippen molar-refractivity contribution in [3.05, 3.63) is 42.5 Å². The van der Waals surface area contributed by atoms with Gasteiger partial charge in [0.25, 0.3) is 0 Å². The third-order valence-electron chi connectivity index (χ3n) is 4.42. The molecule has 0 aliphatic heterocycles. The van der Waals surface area contributed by atoms with Crippen LogP contribution in [0, 0.1) is 5.92 Å². The normalized spacial score (nSPS) is 21.0. The monoisotopic (exact) mass is 446 g/mol. The van der Waals surface area contributed by atoms with Crippen LogP contribution in [0.2, 0.25) is 0 Å². The first-order chi connectivity index (χ1) is 14.6. The SMILES string of the molecule is C=CC(=O)OCC1CCC(OC(=O)COC(=O)c2ccc(OC(F)(F)F)cc2)C(O)C1. The second-order valence-electron chi connectivity index (χ2n) is 6.76. The van der Waals surface area contributed by atoms with E-state index in [1.165, 1.54) is 0 Å². The first kappa shape index (κ1) is 24.2. The van der Waals surface area contributed by atoms with Crippen LogP contribution < -0.4 is 4.74 Å². The van der Waals surface area contributed by atoms with Gasteiger partial charge in [0.1, 0.15) is 11.9 Å². The molecule has 3 unspecified atom stereocenters. The zero-order valence-corrected chi connectivity index (χ0v) is 16.3. The van der Waals surface area contributed by atoms with Gasteiger partial charge in [-0.3, -0.25) is 0 Å². The number of carbonyl (C=O) groups excluding carboxylic acids is 3. The Morgan fingerprint density at radius 3 is 2.39 bits per heavy atom. The average molecular weight is 446 g/mol. The van der Waals surface area contributed by atoms with Crippen LogP contribution in [0.3, 0.4) is 0 Å². The molecule has 0 spiro atoms. The maximum Gasteiger partial charge on any atom is 0.573 e. The van der Waals surface area contributed by atoms with Crippen LogP contribution in [-0.2, 0) is 23.8 Å². The lowest BCUT2D eigenvalue weighted by molar-refractivity contribution is -0.274. The molecule has 1 saturated carbocycles. The third kappa shape index (κ3) is 8.28. The number of rotatable bonds is 8. The predicted molar refractivity (Wildman–Crippen MR) is 97.8 cm³/mol. The van der Waals surface area contributed by atoms with Crippen molar-refractivity contribution in [2.45, 2.75) is 37.8 Å². The quantitative estimate of drug-likeness (QED) is 0.369. The molecule has 0 radical (unpaired) electrons. The van der Waals surface area contributed by atoms with E-state index in [-0.39, 0.29) is 24.5 Å². The topological polar surface area (TPSA) is 108 Å². The molecule has 3 atom stereocenters. The van der Waals surface area contributed by atoms with E-state index in [1.807, 2.05) is 0 Å². The van der Waals surface area contributed by atoms with Gasteiger partial charge in [-0.1, -0.05) is 6.58 Å². The number of aliphatic hydroxyl groups excluding tert-OH is 1. The summed E-state index contributed by atoms with van der Waals surface area (Å²) in [6, 6.07) is 3.98. The van der Waals surface area contributed by atoms with Crippen LogP contribution in [0.15, 0.2) is 36.9 Å². The number of hydrogen-bond acceptors (Lipinski definition) is 8. The Hall–Kier alpha value is -3.08. The van der Waals surface area contributed by atoms with Gasteiger partial charge in [-0.05, 0) is 49.4 Å². The van der Waals surface area contributed by atoms with E-state index in [9.17, 15) is 32.7 Å².